The highest BCUT2D eigenvalue weighted by atomic mass is 16.5. The van der Waals surface area contributed by atoms with Crippen LogP contribution in [-0.4, -0.2) is 23.8 Å². The van der Waals surface area contributed by atoms with Crippen LogP contribution in [0, 0.1) is 5.92 Å². The Morgan fingerprint density at radius 3 is 2.60 bits per heavy atom. The van der Waals surface area contributed by atoms with E-state index in [4.69, 9.17) is 9.84 Å². The Bertz CT molecular complexity index is 215. The van der Waals surface area contributed by atoms with Gasteiger partial charge in [0.2, 0.25) is 0 Å². The van der Waals surface area contributed by atoms with Gasteiger partial charge in [0.25, 0.3) is 0 Å². The van der Waals surface area contributed by atoms with Crippen molar-refractivity contribution < 1.29 is 14.6 Å². The molecule has 3 heteroatoms. The molecule has 0 amide bonds. The minimum atomic E-state index is -0.849. The highest BCUT2D eigenvalue weighted by Crippen LogP contribution is 2.28. The maximum atomic E-state index is 10.3. The molecule has 1 saturated carbocycles. The van der Waals surface area contributed by atoms with Crippen molar-refractivity contribution >= 4 is 5.97 Å². The molecule has 0 saturated heterocycles. The first-order valence-electron chi connectivity index (χ1n) is 5.73. The van der Waals surface area contributed by atoms with E-state index in [9.17, 15) is 4.79 Å². The third-order valence-electron chi connectivity index (χ3n) is 2.93. The maximum Gasteiger partial charge on any atom is 0.327 e. The standard InChI is InChI=1S/C12H20O3/c1-2-15-11-8-6-10(7-9-11)4-3-5-12(13)14/h3,5,10-11H,2,4,6-9H2,1H3,(H,13,14). The van der Waals surface area contributed by atoms with Crippen molar-refractivity contribution in [2.75, 3.05) is 6.61 Å². The number of hydrogen-bond donors (Lipinski definition) is 1. The number of carboxylic acid groups (broad SMARTS) is 1. The molecule has 1 N–H and O–H groups in total. The summed E-state index contributed by atoms with van der Waals surface area (Å²) < 4.78 is 5.56. The van der Waals surface area contributed by atoms with Gasteiger partial charge < -0.3 is 9.84 Å². The van der Waals surface area contributed by atoms with Crippen molar-refractivity contribution in [3.05, 3.63) is 12.2 Å². The molecule has 0 bridgehead atoms. The van der Waals surface area contributed by atoms with Gasteiger partial charge in [-0.3, -0.25) is 0 Å². The van der Waals surface area contributed by atoms with Crippen LogP contribution in [0.15, 0.2) is 12.2 Å². The summed E-state index contributed by atoms with van der Waals surface area (Å²) in [7, 11) is 0. The lowest BCUT2D eigenvalue weighted by atomic mass is 9.85. The van der Waals surface area contributed by atoms with Crippen LogP contribution in [0.5, 0.6) is 0 Å². The quantitative estimate of drug-likeness (QED) is 0.712. The van der Waals surface area contributed by atoms with Gasteiger partial charge in [-0.25, -0.2) is 4.79 Å². The molecule has 0 radical (unpaired) electrons. The molecule has 1 aliphatic rings. The molecule has 15 heavy (non-hydrogen) atoms. The van der Waals surface area contributed by atoms with E-state index in [0.29, 0.717) is 12.0 Å². The largest absolute Gasteiger partial charge is 0.478 e. The monoisotopic (exact) mass is 212 g/mol. The third kappa shape index (κ3) is 4.98. The Morgan fingerprint density at radius 1 is 1.40 bits per heavy atom. The summed E-state index contributed by atoms with van der Waals surface area (Å²) in [6.07, 6.45) is 8.92. The molecule has 3 nitrogen and oxygen atoms in total. The summed E-state index contributed by atoms with van der Waals surface area (Å²) in [6, 6.07) is 0. The Balaban J connectivity index is 2.17. The Kier molecular flexibility index (Phi) is 5.40. The first-order valence-corrected chi connectivity index (χ1v) is 5.73. The number of ether oxygens (including phenoxy) is 1. The Labute approximate surface area is 91.1 Å². The summed E-state index contributed by atoms with van der Waals surface area (Å²) in [5.74, 6) is -0.199. The van der Waals surface area contributed by atoms with Gasteiger partial charge in [0, 0.05) is 12.7 Å². The van der Waals surface area contributed by atoms with E-state index in [1.54, 1.807) is 6.08 Å². The molecule has 0 heterocycles. The van der Waals surface area contributed by atoms with E-state index < -0.39 is 5.97 Å². The van der Waals surface area contributed by atoms with Crippen LogP contribution < -0.4 is 0 Å². The number of carboxylic acids is 1. The molecule has 0 spiro atoms. The minimum absolute atomic E-state index is 0.440. The Hall–Kier alpha value is -0.830. The topological polar surface area (TPSA) is 46.5 Å². The third-order valence-corrected chi connectivity index (χ3v) is 2.93. The van der Waals surface area contributed by atoms with Gasteiger partial charge in [0.05, 0.1) is 6.10 Å². The summed E-state index contributed by atoms with van der Waals surface area (Å²) >= 11 is 0. The van der Waals surface area contributed by atoms with Crippen molar-refractivity contribution in [2.45, 2.75) is 45.1 Å². The number of carbonyl (C=O) groups is 1. The van der Waals surface area contributed by atoms with Crippen LogP contribution in [0.25, 0.3) is 0 Å². The molecule has 0 aromatic heterocycles. The normalized spacial score (nSPS) is 27.0. The zero-order chi connectivity index (χ0) is 11.1. The lowest BCUT2D eigenvalue weighted by Gasteiger charge is -2.27. The number of hydrogen-bond acceptors (Lipinski definition) is 2. The molecule has 86 valence electrons. The van der Waals surface area contributed by atoms with E-state index in [2.05, 4.69) is 0 Å². The van der Waals surface area contributed by atoms with Crippen molar-refractivity contribution in [3.8, 4) is 0 Å². The average Bonchev–Trinajstić information content (AvgIpc) is 2.20. The van der Waals surface area contributed by atoms with Crippen LogP contribution in [0.1, 0.15) is 39.0 Å². The van der Waals surface area contributed by atoms with Crippen molar-refractivity contribution in [2.24, 2.45) is 5.92 Å². The van der Waals surface area contributed by atoms with Gasteiger partial charge in [-0.05, 0) is 44.9 Å². The van der Waals surface area contributed by atoms with Crippen LogP contribution in [0.3, 0.4) is 0 Å². The minimum Gasteiger partial charge on any atom is -0.478 e. The predicted octanol–water partition coefficient (Wildman–Crippen LogP) is 2.61. The summed E-state index contributed by atoms with van der Waals surface area (Å²) in [5.41, 5.74) is 0. The second kappa shape index (κ2) is 6.62. The highest BCUT2D eigenvalue weighted by molar-refractivity contribution is 5.79. The fourth-order valence-electron chi connectivity index (χ4n) is 2.13. The van der Waals surface area contributed by atoms with Gasteiger partial charge in [-0.2, -0.15) is 0 Å². The molecule has 0 aromatic carbocycles. The molecule has 1 fully saturated rings. The van der Waals surface area contributed by atoms with Crippen LogP contribution >= 0.6 is 0 Å². The van der Waals surface area contributed by atoms with Crippen LogP contribution in [-0.2, 0) is 9.53 Å². The van der Waals surface area contributed by atoms with Crippen molar-refractivity contribution in [1.29, 1.82) is 0 Å². The van der Waals surface area contributed by atoms with Gasteiger partial charge >= 0.3 is 5.97 Å². The molecule has 0 aromatic rings. The highest BCUT2D eigenvalue weighted by Gasteiger charge is 2.20. The summed E-state index contributed by atoms with van der Waals surface area (Å²) in [4.78, 5) is 10.3. The SMILES string of the molecule is CCOC1CCC(CC=CC(=O)O)CC1. The molecule has 0 atom stereocenters. The van der Waals surface area contributed by atoms with Gasteiger partial charge in [0.15, 0.2) is 0 Å². The second-order valence-electron chi connectivity index (χ2n) is 4.07. The molecule has 0 unspecified atom stereocenters. The van der Waals surface area contributed by atoms with E-state index in [0.717, 1.165) is 38.7 Å². The molecule has 1 aliphatic carbocycles. The first-order chi connectivity index (χ1) is 7.22. The predicted molar refractivity (Wildman–Crippen MR) is 58.8 cm³/mol. The summed E-state index contributed by atoms with van der Waals surface area (Å²) in [5, 5.41) is 8.45. The first kappa shape index (κ1) is 12.2. The van der Waals surface area contributed by atoms with Gasteiger partial charge in [0.1, 0.15) is 0 Å². The number of aliphatic carboxylic acids is 1. The summed E-state index contributed by atoms with van der Waals surface area (Å²) in [6.45, 7) is 2.83. The second-order valence-corrected chi connectivity index (χ2v) is 4.07. The molecular formula is C12H20O3. The van der Waals surface area contributed by atoms with E-state index in [-0.39, 0.29) is 0 Å². The molecule has 0 aliphatic heterocycles. The fraction of sp³-hybridized carbons (Fsp3) is 0.750. The number of allylic oxidation sites excluding steroid dienone is 1. The van der Waals surface area contributed by atoms with Crippen LogP contribution in [0.4, 0.5) is 0 Å². The average molecular weight is 212 g/mol. The lowest BCUT2D eigenvalue weighted by Crippen LogP contribution is -2.21. The smallest absolute Gasteiger partial charge is 0.327 e. The fourth-order valence-corrected chi connectivity index (χ4v) is 2.13. The van der Waals surface area contributed by atoms with Crippen molar-refractivity contribution in [1.82, 2.24) is 0 Å². The van der Waals surface area contributed by atoms with Crippen LogP contribution in [0.2, 0.25) is 0 Å². The van der Waals surface area contributed by atoms with E-state index in [1.165, 1.54) is 6.08 Å². The molecule has 1 rings (SSSR count). The van der Waals surface area contributed by atoms with Crippen molar-refractivity contribution in [3.63, 3.8) is 0 Å². The zero-order valence-electron chi connectivity index (χ0n) is 9.32. The zero-order valence-corrected chi connectivity index (χ0v) is 9.32. The van der Waals surface area contributed by atoms with E-state index in [1.807, 2.05) is 6.92 Å². The Morgan fingerprint density at radius 2 is 2.07 bits per heavy atom. The maximum absolute atomic E-state index is 10.3. The van der Waals surface area contributed by atoms with Gasteiger partial charge in [-0.15, -0.1) is 0 Å². The van der Waals surface area contributed by atoms with E-state index >= 15 is 0 Å². The number of rotatable bonds is 5. The molecular weight excluding hydrogens is 192 g/mol. The lowest BCUT2D eigenvalue weighted by molar-refractivity contribution is -0.131. The van der Waals surface area contributed by atoms with Gasteiger partial charge in [-0.1, -0.05) is 6.08 Å².